The van der Waals surface area contributed by atoms with Gasteiger partial charge in [0.2, 0.25) is 0 Å². The summed E-state index contributed by atoms with van der Waals surface area (Å²) >= 11 is 5.94. The van der Waals surface area contributed by atoms with Gasteiger partial charge in [-0.15, -0.1) is 0 Å². The number of rotatable bonds is 2. The van der Waals surface area contributed by atoms with Crippen LogP contribution < -0.4 is 10.7 Å². The fourth-order valence-corrected chi connectivity index (χ4v) is 1.90. The lowest BCUT2D eigenvalue weighted by molar-refractivity contribution is 0.619. The number of benzene rings is 1. The number of hydrazone groups is 1. The molecule has 1 heterocycles. The molecule has 1 aromatic carbocycles. The monoisotopic (exact) mass is 255 g/mol. The van der Waals surface area contributed by atoms with Crippen LogP contribution in [0.25, 0.3) is 0 Å². The van der Waals surface area contributed by atoms with Crippen LogP contribution >= 0.6 is 11.6 Å². The predicted octanol–water partition coefficient (Wildman–Crippen LogP) is 2.94. The fourth-order valence-electron chi connectivity index (χ4n) is 1.71. The number of nitrogens with zero attached hydrogens (tertiary/aromatic N) is 1. The highest BCUT2D eigenvalue weighted by Crippen LogP contribution is 2.25. The smallest absolute Gasteiger partial charge is 0.127 e. The van der Waals surface area contributed by atoms with Crippen molar-refractivity contribution in [2.45, 2.75) is 19.8 Å². The Morgan fingerprint density at radius 2 is 2.06 bits per heavy atom. The Hall–Kier alpha value is -1.13. The Bertz CT molecular complexity index is 438. The molecule has 1 saturated heterocycles. The summed E-state index contributed by atoms with van der Waals surface area (Å²) in [6.07, 6.45) is 1.87. The highest BCUT2D eigenvalue weighted by molar-refractivity contribution is 6.33. The fraction of sp³-hybridized carbons (Fsp3) is 0.417. The molecule has 0 amide bonds. The molecule has 3 nitrogen and oxygen atoms in total. The van der Waals surface area contributed by atoms with E-state index in [1.54, 1.807) is 13.0 Å². The molecular weight excluding hydrogens is 241 g/mol. The summed E-state index contributed by atoms with van der Waals surface area (Å²) in [5, 5.41) is 7.91. The van der Waals surface area contributed by atoms with Crippen LogP contribution in [0.2, 0.25) is 5.02 Å². The number of aryl methyl sites for hydroxylation is 1. The molecule has 5 heteroatoms. The van der Waals surface area contributed by atoms with E-state index in [-0.39, 0.29) is 5.82 Å². The minimum absolute atomic E-state index is 0.296. The van der Waals surface area contributed by atoms with E-state index in [0.29, 0.717) is 16.3 Å². The molecule has 1 aromatic rings. The van der Waals surface area contributed by atoms with Crippen molar-refractivity contribution >= 4 is 23.0 Å². The van der Waals surface area contributed by atoms with Crippen molar-refractivity contribution < 1.29 is 4.39 Å². The molecular formula is C12H15ClFN3. The molecule has 0 unspecified atom stereocenters. The molecule has 0 spiro atoms. The Morgan fingerprint density at radius 3 is 2.76 bits per heavy atom. The van der Waals surface area contributed by atoms with E-state index in [9.17, 15) is 4.39 Å². The van der Waals surface area contributed by atoms with E-state index < -0.39 is 0 Å². The summed E-state index contributed by atoms with van der Waals surface area (Å²) in [7, 11) is 0. The van der Waals surface area contributed by atoms with Gasteiger partial charge in [-0.05, 0) is 24.6 Å². The van der Waals surface area contributed by atoms with Gasteiger partial charge in [-0.2, -0.15) is 5.10 Å². The number of hydrogen-bond acceptors (Lipinski definition) is 3. The number of piperidine rings is 1. The van der Waals surface area contributed by atoms with Crippen LogP contribution in [-0.4, -0.2) is 18.8 Å². The zero-order chi connectivity index (χ0) is 12.3. The highest BCUT2D eigenvalue weighted by atomic mass is 35.5. The predicted molar refractivity (Wildman–Crippen MR) is 69.3 cm³/mol. The van der Waals surface area contributed by atoms with Crippen molar-refractivity contribution in [3.63, 3.8) is 0 Å². The van der Waals surface area contributed by atoms with Crippen LogP contribution in [0.5, 0.6) is 0 Å². The van der Waals surface area contributed by atoms with Crippen molar-refractivity contribution in [3.05, 3.63) is 28.5 Å². The summed E-state index contributed by atoms with van der Waals surface area (Å²) in [5.41, 5.74) is 5.23. The maximum Gasteiger partial charge on any atom is 0.127 e. The third kappa shape index (κ3) is 3.17. The maximum atomic E-state index is 13.2. The third-order valence-electron chi connectivity index (χ3n) is 2.76. The second-order valence-corrected chi connectivity index (χ2v) is 4.53. The van der Waals surface area contributed by atoms with Crippen LogP contribution in [-0.2, 0) is 0 Å². The number of nitrogens with one attached hydrogen (secondary N) is 2. The van der Waals surface area contributed by atoms with Gasteiger partial charge in [-0.3, -0.25) is 5.43 Å². The molecule has 0 atom stereocenters. The largest absolute Gasteiger partial charge is 0.316 e. The van der Waals surface area contributed by atoms with Gasteiger partial charge in [-0.25, -0.2) is 4.39 Å². The molecule has 17 heavy (non-hydrogen) atoms. The second-order valence-electron chi connectivity index (χ2n) is 4.12. The average Bonchev–Trinajstić information content (AvgIpc) is 2.33. The van der Waals surface area contributed by atoms with E-state index in [4.69, 9.17) is 11.6 Å². The van der Waals surface area contributed by atoms with Crippen LogP contribution in [0, 0.1) is 12.7 Å². The maximum absolute atomic E-state index is 13.2. The average molecular weight is 256 g/mol. The quantitative estimate of drug-likeness (QED) is 0.798. The number of halogens is 2. The summed E-state index contributed by atoms with van der Waals surface area (Å²) in [4.78, 5) is 0. The van der Waals surface area contributed by atoms with Crippen LogP contribution in [0.3, 0.4) is 0 Å². The molecule has 0 radical (unpaired) electrons. The molecule has 92 valence electrons. The van der Waals surface area contributed by atoms with E-state index in [1.165, 1.54) is 6.07 Å². The molecule has 0 aromatic heterocycles. The standard InChI is InChI=1S/C12H15ClFN3/c1-8-6-12(10(13)7-11(8)14)17-16-9-2-4-15-5-3-9/h6-7,15,17H,2-5H2,1H3. The van der Waals surface area contributed by atoms with Crippen LogP contribution in [0.1, 0.15) is 18.4 Å². The van der Waals surface area contributed by atoms with Gasteiger partial charge in [0, 0.05) is 31.6 Å². The third-order valence-corrected chi connectivity index (χ3v) is 3.08. The first kappa shape index (κ1) is 12.3. The number of hydrogen-bond donors (Lipinski definition) is 2. The zero-order valence-corrected chi connectivity index (χ0v) is 10.4. The first-order valence-corrected chi connectivity index (χ1v) is 6.02. The van der Waals surface area contributed by atoms with E-state index in [0.717, 1.165) is 31.6 Å². The van der Waals surface area contributed by atoms with Gasteiger partial charge in [0.15, 0.2) is 0 Å². The zero-order valence-electron chi connectivity index (χ0n) is 9.69. The Balaban J connectivity index is 2.10. The summed E-state index contributed by atoms with van der Waals surface area (Å²) in [6.45, 7) is 3.61. The van der Waals surface area contributed by atoms with Gasteiger partial charge in [0.25, 0.3) is 0 Å². The van der Waals surface area contributed by atoms with Crippen molar-refractivity contribution in [1.82, 2.24) is 5.32 Å². The lowest BCUT2D eigenvalue weighted by Gasteiger charge is -2.14. The molecule has 2 rings (SSSR count). The second kappa shape index (κ2) is 5.47. The first-order valence-electron chi connectivity index (χ1n) is 5.64. The van der Waals surface area contributed by atoms with Crippen molar-refractivity contribution in [2.75, 3.05) is 18.5 Å². The minimum atomic E-state index is -0.296. The van der Waals surface area contributed by atoms with Gasteiger partial charge >= 0.3 is 0 Å². The highest BCUT2D eigenvalue weighted by Gasteiger charge is 2.08. The van der Waals surface area contributed by atoms with Gasteiger partial charge in [-0.1, -0.05) is 11.6 Å². The molecule has 1 aliphatic heterocycles. The van der Waals surface area contributed by atoms with E-state index in [2.05, 4.69) is 15.8 Å². The van der Waals surface area contributed by atoms with Crippen LogP contribution in [0.4, 0.5) is 10.1 Å². The molecule has 1 fully saturated rings. The molecule has 2 N–H and O–H groups in total. The van der Waals surface area contributed by atoms with Crippen molar-refractivity contribution in [3.8, 4) is 0 Å². The summed E-state index contributed by atoms with van der Waals surface area (Å²) in [6, 6.07) is 2.98. The lowest BCUT2D eigenvalue weighted by Crippen LogP contribution is -2.28. The van der Waals surface area contributed by atoms with E-state index in [1.807, 2.05) is 0 Å². The normalized spacial score (nSPS) is 15.8. The Kier molecular flexibility index (Phi) is 3.97. The lowest BCUT2D eigenvalue weighted by atomic mass is 10.1. The van der Waals surface area contributed by atoms with Gasteiger partial charge < -0.3 is 5.32 Å². The number of anilines is 1. The van der Waals surface area contributed by atoms with Gasteiger partial charge in [0.05, 0.1) is 10.7 Å². The van der Waals surface area contributed by atoms with Gasteiger partial charge in [0.1, 0.15) is 5.82 Å². The Morgan fingerprint density at radius 1 is 1.35 bits per heavy atom. The molecule has 1 aliphatic rings. The molecule has 0 bridgehead atoms. The SMILES string of the molecule is Cc1cc(NN=C2CCNCC2)c(Cl)cc1F. The van der Waals surface area contributed by atoms with Crippen molar-refractivity contribution in [1.29, 1.82) is 0 Å². The minimum Gasteiger partial charge on any atom is -0.316 e. The summed E-state index contributed by atoms with van der Waals surface area (Å²) in [5.74, 6) is -0.296. The summed E-state index contributed by atoms with van der Waals surface area (Å²) < 4.78 is 13.2. The van der Waals surface area contributed by atoms with E-state index >= 15 is 0 Å². The molecule has 0 saturated carbocycles. The topological polar surface area (TPSA) is 36.4 Å². The van der Waals surface area contributed by atoms with Crippen molar-refractivity contribution in [2.24, 2.45) is 5.10 Å². The Labute approximate surface area is 105 Å². The molecule has 0 aliphatic carbocycles. The van der Waals surface area contributed by atoms with Crippen LogP contribution in [0.15, 0.2) is 17.2 Å². The first-order chi connectivity index (χ1) is 8.16.